The van der Waals surface area contributed by atoms with E-state index in [1.807, 2.05) is 0 Å². The summed E-state index contributed by atoms with van der Waals surface area (Å²) in [4.78, 5) is 11.0. The fourth-order valence-electron chi connectivity index (χ4n) is 1.06. The van der Waals surface area contributed by atoms with Crippen LogP contribution in [0.5, 0.6) is 0 Å². The van der Waals surface area contributed by atoms with E-state index in [0.29, 0.717) is 22.7 Å². The lowest BCUT2D eigenvalue weighted by atomic mass is 10.5. The largest absolute Gasteiger partial charge is 0.371 e. The summed E-state index contributed by atoms with van der Waals surface area (Å²) in [6.07, 6.45) is 0.719. The summed E-state index contributed by atoms with van der Waals surface area (Å²) in [5, 5.41) is 0. The molecule has 0 aliphatic rings. The lowest BCUT2D eigenvalue weighted by molar-refractivity contribution is 0.112. The number of hydrogen-bond acceptors (Lipinski definition) is 5. The van der Waals surface area contributed by atoms with Crippen LogP contribution in [0.25, 0.3) is 0 Å². The fourth-order valence-corrected chi connectivity index (χ4v) is 3.96. The monoisotopic (exact) mass is 264 g/mol. The highest BCUT2D eigenvalue weighted by Gasteiger charge is 2.28. The molecule has 0 spiro atoms. The van der Waals surface area contributed by atoms with E-state index >= 15 is 0 Å². The molecule has 0 N–H and O–H groups in total. The van der Waals surface area contributed by atoms with Crippen molar-refractivity contribution in [3.8, 4) is 0 Å². The number of carbonyl (C=O) groups is 1. The van der Waals surface area contributed by atoms with E-state index in [1.165, 1.54) is 0 Å². The van der Waals surface area contributed by atoms with Gasteiger partial charge >= 0.3 is 7.60 Å². The molecule has 1 aromatic heterocycles. The maximum absolute atomic E-state index is 12.2. The van der Waals surface area contributed by atoms with Crippen LogP contribution >= 0.6 is 18.9 Å². The molecule has 0 unspecified atom stereocenters. The highest BCUT2D eigenvalue weighted by Crippen LogP contribution is 2.48. The average Bonchev–Trinajstić information content (AvgIpc) is 2.67. The van der Waals surface area contributed by atoms with Crippen molar-refractivity contribution < 1.29 is 18.4 Å². The van der Waals surface area contributed by atoms with E-state index in [1.54, 1.807) is 26.0 Å². The number of carbonyl (C=O) groups excluding carboxylic acids is 1. The molecule has 1 heterocycles. The first-order valence-electron chi connectivity index (χ1n) is 4.61. The van der Waals surface area contributed by atoms with Gasteiger partial charge in [0.1, 0.15) is 4.62 Å². The molecule has 0 amide bonds. The Morgan fingerprint density at radius 2 is 1.88 bits per heavy atom. The molecule has 0 bridgehead atoms. The van der Waals surface area contributed by atoms with Gasteiger partial charge in [-0.1, -0.05) is 7.43 Å². The Balaban J connectivity index is 0.00000225. The van der Waals surface area contributed by atoms with Crippen molar-refractivity contribution in [1.82, 2.24) is 0 Å². The van der Waals surface area contributed by atoms with Gasteiger partial charge in [0, 0.05) is 0 Å². The van der Waals surface area contributed by atoms with Crippen LogP contribution in [0, 0.1) is 0 Å². The zero-order valence-electron chi connectivity index (χ0n) is 8.63. The van der Waals surface area contributed by atoms with Crippen molar-refractivity contribution >= 4 is 29.8 Å². The molecule has 0 saturated carbocycles. The van der Waals surface area contributed by atoms with Crippen LogP contribution in [-0.2, 0) is 13.6 Å². The number of aldehydes is 1. The molecule has 4 nitrogen and oxygen atoms in total. The summed E-state index contributed by atoms with van der Waals surface area (Å²) in [6.45, 7) is 4.12. The molecule has 0 aliphatic carbocycles. The van der Waals surface area contributed by atoms with Gasteiger partial charge in [-0.15, -0.1) is 11.3 Å². The minimum Gasteiger partial charge on any atom is -0.305 e. The van der Waals surface area contributed by atoms with Crippen LogP contribution in [0.4, 0.5) is 0 Å². The van der Waals surface area contributed by atoms with Gasteiger partial charge in [0.2, 0.25) is 0 Å². The Labute approximate surface area is 100 Å². The third kappa shape index (κ3) is 3.52. The minimum atomic E-state index is -3.20. The van der Waals surface area contributed by atoms with Gasteiger partial charge in [0.25, 0.3) is 0 Å². The minimum absolute atomic E-state index is 0. The molecule has 1 aromatic rings. The van der Waals surface area contributed by atoms with Crippen LogP contribution < -0.4 is 4.62 Å². The summed E-state index contributed by atoms with van der Waals surface area (Å²) in [6, 6.07) is 3.22. The molecule has 0 fully saturated rings. The van der Waals surface area contributed by atoms with E-state index in [9.17, 15) is 9.36 Å². The topological polar surface area (TPSA) is 52.6 Å². The summed E-state index contributed by atoms with van der Waals surface area (Å²) >= 11 is 1.14. The summed E-state index contributed by atoms with van der Waals surface area (Å²) < 4.78 is 23.0. The lowest BCUT2D eigenvalue weighted by Crippen LogP contribution is -2.06. The highest BCUT2D eigenvalue weighted by atomic mass is 32.1. The van der Waals surface area contributed by atoms with Crippen molar-refractivity contribution in [3.63, 3.8) is 0 Å². The van der Waals surface area contributed by atoms with Crippen LogP contribution in [-0.4, -0.2) is 19.5 Å². The second kappa shape index (κ2) is 6.97. The molecule has 1 rings (SSSR count). The first-order valence-corrected chi connectivity index (χ1v) is 6.97. The quantitative estimate of drug-likeness (QED) is 0.585. The highest BCUT2D eigenvalue weighted by molar-refractivity contribution is 7.68. The molecule has 0 aromatic carbocycles. The summed E-state index contributed by atoms with van der Waals surface area (Å²) in [5.41, 5.74) is 0. The zero-order valence-corrected chi connectivity index (χ0v) is 10.3. The zero-order chi connectivity index (χ0) is 11.3. The normalized spacial score (nSPS) is 10.9. The van der Waals surface area contributed by atoms with E-state index in [0.717, 1.165) is 17.6 Å². The molecule has 0 radical (unpaired) electrons. The smallest absolute Gasteiger partial charge is 0.305 e. The Morgan fingerprint density at radius 3 is 2.25 bits per heavy atom. The van der Waals surface area contributed by atoms with Crippen molar-refractivity contribution in [3.05, 3.63) is 17.0 Å². The van der Waals surface area contributed by atoms with Gasteiger partial charge in [-0.25, -0.2) is 0 Å². The predicted molar refractivity (Wildman–Crippen MR) is 66.9 cm³/mol. The van der Waals surface area contributed by atoms with E-state index < -0.39 is 7.60 Å². The van der Waals surface area contributed by atoms with Gasteiger partial charge in [0.05, 0.1) is 18.1 Å². The Bertz CT molecular complexity index is 365. The predicted octanol–water partition coefficient (Wildman–Crippen LogP) is 3.09. The number of thiophene rings is 1. The number of rotatable bonds is 6. The Morgan fingerprint density at radius 1 is 1.31 bits per heavy atom. The van der Waals surface area contributed by atoms with Crippen LogP contribution in [0.15, 0.2) is 12.1 Å². The SMILES string of the molecule is C.CCOP(=O)(OCC)c1ccc(C=O)s1. The molecular weight excluding hydrogens is 247 g/mol. The van der Waals surface area contributed by atoms with Gasteiger partial charge in [-0.3, -0.25) is 9.36 Å². The maximum atomic E-state index is 12.2. The second-order valence-electron chi connectivity index (χ2n) is 2.63. The first kappa shape index (κ1) is 15.5. The van der Waals surface area contributed by atoms with Crippen molar-refractivity contribution in [2.75, 3.05) is 13.2 Å². The second-order valence-corrected chi connectivity index (χ2v) is 6.04. The van der Waals surface area contributed by atoms with Crippen molar-refractivity contribution in [2.45, 2.75) is 21.3 Å². The molecule has 6 heteroatoms. The summed E-state index contributed by atoms with van der Waals surface area (Å²) in [7, 11) is -3.20. The van der Waals surface area contributed by atoms with Gasteiger partial charge in [-0.2, -0.15) is 0 Å². The molecular formula is C10H17O4PS. The van der Waals surface area contributed by atoms with Gasteiger partial charge in [0.15, 0.2) is 6.29 Å². The summed E-state index contributed by atoms with van der Waals surface area (Å²) in [5.74, 6) is 0. The molecule has 92 valence electrons. The third-order valence-electron chi connectivity index (χ3n) is 1.60. The van der Waals surface area contributed by atoms with Crippen molar-refractivity contribution in [2.24, 2.45) is 0 Å². The lowest BCUT2D eigenvalue weighted by Gasteiger charge is -2.14. The van der Waals surface area contributed by atoms with Crippen LogP contribution in [0.2, 0.25) is 0 Å². The van der Waals surface area contributed by atoms with Gasteiger partial charge < -0.3 is 9.05 Å². The number of hydrogen-bond donors (Lipinski definition) is 0. The maximum Gasteiger partial charge on any atom is 0.371 e. The molecule has 0 saturated heterocycles. The standard InChI is InChI=1S/C9H13O4PS.CH4/c1-3-12-14(11,13-4-2)9-6-5-8(7-10)15-9;/h5-7H,3-4H2,1-2H3;1H4. The average molecular weight is 264 g/mol. The van der Waals surface area contributed by atoms with Crippen LogP contribution in [0.1, 0.15) is 30.9 Å². The fraction of sp³-hybridized carbons (Fsp3) is 0.500. The van der Waals surface area contributed by atoms with Crippen molar-refractivity contribution in [1.29, 1.82) is 0 Å². The van der Waals surface area contributed by atoms with E-state index in [4.69, 9.17) is 9.05 Å². The van der Waals surface area contributed by atoms with E-state index in [2.05, 4.69) is 0 Å². The molecule has 0 atom stereocenters. The third-order valence-corrected chi connectivity index (χ3v) is 5.24. The van der Waals surface area contributed by atoms with E-state index in [-0.39, 0.29) is 7.43 Å². The van der Waals surface area contributed by atoms with Crippen LogP contribution in [0.3, 0.4) is 0 Å². The Kier molecular flexibility index (Phi) is 6.76. The Hall–Kier alpha value is -0.480. The first-order chi connectivity index (χ1) is 7.16. The molecule has 16 heavy (non-hydrogen) atoms. The molecule has 0 aliphatic heterocycles. The van der Waals surface area contributed by atoms with Gasteiger partial charge in [-0.05, 0) is 26.0 Å².